The van der Waals surface area contributed by atoms with Crippen LogP contribution in [0.2, 0.25) is 0 Å². The van der Waals surface area contributed by atoms with Crippen molar-refractivity contribution in [2.45, 2.75) is 31.8 Å². The number of imidazole rings is 1. The molecule has 29 heavy (non-hydrogen) atoms. The Kier molecular flexibility index (Phi) is 5.60. The van der Waals surface area contributed by atoms with Gasteiger partial charge >= 0.3 is 0 Å². The number of nitrogens with zero attached hydrogens (tertiary/aromatic N) is 2. The van der Waals surface area contributed by atoms with E-state index in [0.717, 1.165) is 11.4 Å². The first-order valence-electron chi connectivity index (χ1n) is 9.04. The number of hydrogen-bond acceptors (Lipinski definition) is 3. The number of pyridine rings is 1. The van der Waals surface area contributed by atoms with E-state index in [1.165, 1.54) is 12.1 Å². The molecule has 0 fully saturated rings. The molecule has 3 aromatic rings. The molecule has 0 bridgehead atoms. The summed E-state index contributed by atoms with van der Waals surface area (Å²) in [6.45, 7) is 0.693. The Labute approximate surface area is 179 Å². The van der Waals surface area contributed by atoms with Crippen molar-refractivity contribution in [3.63, 3.8) is 0 Å². The number of aromatic nitrogens is 3. The standard InChI is InChI=1S/C20H17BrF2N4OS/c21-13-4-5-14(22)18(19(13)23)11-7-16-15(26-20(29)27(16)10-11)8-17(28)25-9-12-3-1-2-6-24-12/h1-6,11H,7-10H2,(H,25,28)(H,26,29)/t11-/m0/s1. The van der Waals surface area contributed by atoms with Crippen molar-refractivity contribution in [2.75, 3.05) is 0 Å². The van der Waals surface area contributed by atoms with Gasteiger partial charge in [0.15, 0.2) is 4.77 Å². The molecule has 1 aliphatic rings. The minimum absolute atomic E-state index is 0.0445. The molecular weight excluding hydrogens is 462 g/mol. The lowest BCUT2D eigenvalue weighted by Crippen LogP contribution is -2.25. The van der Waals surface area contributed by atoms with Gasteiger partial charge in [-0.2, -0.15) is 0 Å². The Hall–Kier alpha value is -2.39. The summed E-state index contributed by atoms with van der Waals surface area (Å²) in [6.07, 6.45) is 2.18. The molecule has 1 aliphatic heterocycles. The number of hydrogen-bond donors (Lipinski definition) is 2. The summed E-state index contributed by atoms with van der Waals surface area (Å²) in [5.41, 5.74) is 2.29. The number of nitrogens with one attached hydrogen (secondary N) is 2. The number of aromatic amines is 1. The lowest BCUT2D eigenvalue weighted by molar-refractivity contribution is -0.120. The third kappa shape index (κ3) is 4.02. The van der Waals surface area contributed by atoms with E-state index in [9.17, 15) is 13.6 Å². The predicted octanol–water partition coefficient (Wildman–Crippen LogP) is 4.18. The van der Waals surface area contributed by atoms with Gasteiger partial charge < -0.3 is 14.9 Å². The lowest BCUT2D eigenvalue weighted by Gasteiger charge is -2.13. The molecule has 0 saturated heterocycles. The SMILES string of the molecule is O=C(Cc1[nH]c(=S)n2c1C[C@H](c1c(F)ccc(Br)c1F)C2)NCc1ccccn1. The fraction of sp³-hybridized carbons (Fsp3) is 0.250. The van der Waals surface area contributed by atoms with Crippen LogP contribution in [0.5, 0.6) is 0 Å². The Bertz CT molecular complexity index is 1130. The molecule has 0 aliphatic carbocycles. The monoisotopic (exact) mass is 478 g/mol. The molecule has 2 aromatic heterocycles. The summed E-state index contributed by atoms with van der Waals surface area (Å²) in [5, 5.41) is 2.83. The number of carbonyl (C=O) groups excluding carboxylic acids is 1. The van der Waals surface area contributed by atoms with Gasteiger partial charge in [-0.3, -0.25) is 9.78 Å². The number of halogens is 3. The molecule has 0 radical (unpaired) electrons. The maximum Gasteiger partial charge on any atom is 0.226 e. The van der Waals surface area contributed by atoms with Gasteiger partial charge in [0, 0.05) is 35.6 Å². The maximum absolute atomic E-state index is 14.5. The number of carbonyl (C=O) groups is 1. The topological polar surface area (TPSA) is 62.7 Å². The number of benzene rings is 1. The highest BCUT2D eigenvalue weighted by Crippen LogP contribution is 2.36. The molecule has 9 heteroatoms. The molecule has 4 rings (SSSR count). The average molecular weight is 479 g/mol. The normalized spacial score (nSPS) is 15.3. The van der Waals surface area contributed by atoms with Gasteiger partial charge in [-0.1, -0.05) is 6.07 Å². The summed E-state index contributed by atoms with van der Waals surface area (Å²) in [5.74, 6) is -1.73. The van der Waals surface area contributed by atoms with E-state index in [2.05, 4.69) is 31.2 Å². The van der Waals surface area contributed by atoms with Crippen LogP contribution in [0.15, 0.2) is 41.0 Å². The first-order chi connectivity index (χ1) is 13.9. The second kappa shape index (κ2) is 8.16. The van der Waals surface area contributed by atoms with Crippen LogP contribution in [-0.2, 0) is 30.7 Å². The summed E-state index contributed by atoms with van der Waals surface area (Å²) >= 11 is 8.47. The Morgan fingerprint density at radius 2 is 2.17 bits per heavy atom. The number of amides is 1. The van der Waals surface area contributed by atoms with Crippen LogP contribution >= 0.6 is 28.1 Å². The first kappa shape index (κ1) is 19.9. The second-order valence-corrected chi connectivity index (χ2v) is 8.14. The fourth-order valence-corrected chi connectivity index (χ4v) is 4.32. The molecule has 1 atom stereocenters. The van der Waals surface area contributed by atoms with Gasteiger partial charge in [-0.25, -0.2) is 8.78 Å². The second-order valence-electron chi connectivity index (χ2n) is 6.90. The van der Waals surface area contributed by atoms with Gasteiger partial charge in [0.2, 0.25) is 5.91 Å². The van der Waals surface area contributed by atoms with Crippen LogP contribution in [0.25, 0.3) is 0 Å². The number of fused-ring (bicyclic) bond motifs is 1. The van der Waals surface area contributed by atoms with E-state index in [4.69, 9.17) is 12.2 Å². The van der Waals surface area contributed by atoms with Crippen molar-refractivity contribution in [3.05, 3.63) is 80.1 Å². The molecule has 1 amide bonds. The molecule has 2 N–H and O–H groups in total. The van der Waals surface area contributed by atoms with Crippen molar-refractivity contribution >= 4 is 34.1 Å². The largest absolute Gasteiger partial charge is 0.350 e. The van der Waals surface area contributed by atoms with E-state index in [-0.39, 0.29) is 28.3 Å². The number of rotatable bonds is 5. The van der Waals surface area contributed by atoms with E-state index < -0.39 is 11.6 Å². The predicted molar refractivity (Wildman–Crippen MR) is 110 cm³/mol. The van der Waals surface area contributed by atoms with E-state index in [0.29, 0.717) is 30.0 Å². The minimum Gasteiger partial charge on any atom is -0.350 e. The maximum atomic E-state index is 14.5. The van der Waals surface area contributed by atoms with E-state index in [1.807, 2.05) is 22.8 Å². The Morgan fingerprint density at radius 1 is 1.34 bits per heavy atom. The summed E-state index contributed by atoms with van der Waals surface area (Å²) in [6, 6.07) is 8.10. The average Bonchev–Trinajstić information content (AvgIpc) is 3.25. The highest BCUT2D eigenvalue weighted by Gasteiger charge is 2.31. The molecule has 5 nitrogen and oxygen atoms in total. The third-order valence-electron chi connectivity index (χ3n) is 5.04. The van der Waals surface area contributed by atoms with Crippen LogP contribution in [0.3, 0.4) is 0 Å². The summed E-state index contributed by atoms with van der Waals surface area (Å²) in [4.78, 5) is 19.6. The van der Waals surface area contributed by atoms with Gasteiger partial charge in [0.05, 0.1) is 23.1 Å². The van der Waals surface area contributed by atoms with Gasteiger partial charge in [0.1, 0.15) is 11.6 Å². The van der Waals surface area contributed by atoms with Crippen LogP contribution in [0, 0.1) is 16.4 Å². The van der Waals surface area contributed by atoms with Crippen LogP contribution < -0.4 is 5.32 Å². The molecule has 0 unspecified atom stereocenters. The zero-order valence-corrected chi connectivity index (χ0v) is 17.6. The molecule has 3 heterocycles. The number of H-pyrrole nitrogens is 1. The summed E-state index contributed by atoms with van der Waals surface area (Å²) in [7, 11) is 0. The van der Waals surface area contributed by atoms with Crippen LogP contribution in [-0.4, -0.2) is 20.4 Å². The van der Waals surface area contributed by atoms with Gasteiger partial charge in [-0.05, 0) is 58.8 Å². The van der Waals surface area contributed by atoms with Crippen molar-refractivity contribution in [1.82, 2.24) is 19.9 Å². The van der Waals surface area contributed by atoms with Crippen LogP contribution in [0.4, 0.5) is 8.78 Å². The smallest absolute Gasteiger partial charge is 0.226 e. The zero-order chi connectivity index (χ0) is 20.5. The molecule has 0 spiro atoms. The minimum atomic E-state index is -0.592. The van der Waals surface area contributed by atoms with Gasteiger partial charge in [-0.15, -0.1) is 0 Å². The van der Waals surface area contributed by atoms with Crippen molar-refractivity contribution in [1.29, 1.82) is 0 Å². The third-order valence-corrected chi connectivity index (χ3v) is 5.97. The van der Waals surface area contributed by atoms with Crippen molar-refractivity contribution in [3.8, 4) is 0 Å². The van der Waals surface area contributed by atoms with Crippen molar-refractivity contribution in [2.24, 2.45) is 0 Å². The van der Waals surface area contributed by atoms with Crippen molar-refractivity contribution < 1.29 is 13.6 Å². The first-order valence-corrected chi connectivity index (χ1v) is 10.2. The fourth-order valence-electron chi connectivity index (χ4n) is 3.67. The lowest BCUT2D eigenvalue weighted by atomic mass is 9.95. The highest BCUT2D eigenvalue weighted by atomic mass is 79.9. The zero-order valence-electron chi connectivity index (χ0n) is 15.2. The molecule has 0 saturated carbocycles. The van der Waals surface area contributed by atoms with E-state index in [1.54, 1.807) is 6.20 Å². The molecule has 1 aromatic carbocycles. The Morgan fingerprint density at radius 3 is 2.93 bits per heavy atom. The highest BCUT2D eigenvalue weighted by molar-refractivity contribution is 9.10. The van der Waals surface area contributed by atoms with E-state index >= 15 is 0 Å². The quantitative estimate of drug-likeness (QED) is 0.427. The Balaban J connectivity index is 1.50. The van der Waals surface area contributed by atoms with Gasteiger partial charge in [0.25, 0.3) is 0 Å². The summed E-state index contributed by atoms with van der Waals surface area (Å²) < 4.78 is 31.3. The molecule has 150 valence electrons. The van der Waals surface area contributed by atoms with Crippen LogP contribution in [0.1, 0.15) is 28.6 Å². The molecular formula is C20H17BrF2N4OS.